The Kier molecular flexibility index (Phi) is 10.6. The molecule has 244 valence electrons. The maximum atomic E-state index is 13.2. The van der Waals surface area contributed by atoms with Crippen LogP contribution in [0.15, 0.2) is 60.3 Å². The van der Waals surface area contributed by atoms with Crippen molar-refractivity contribution in [1.82, 2.24) is 20.2 Å². The molecule has 2 aliphatic heterocycles. The van der Waals surface area contributed by atoms with Crippen molar-refractivity contribution in [3.8, 4) is 11.5 Å². The molecule has 46 heavy (non-hydrogen) atoms. The summed E-state index contributed by atoms with van der Waals surface area (Å²) in [5.41, 5.74) is 13.8. The molecule has 2 saturated heterocycles. The predicted molar refractivity (Wildman–Crippen MR) is 174 cm³/mol. The third-order valence-corrected chi connectivity index (χ3v) is 8.58. The number of hydrogen-bond acceptors (Lipinski definition) is 11. The number of benzene rings is 2. The van der Waals surface area contributed by atoms with Gasteiger partial charge in [0.25, 0.3) is 5.91 Å². The fourth-order valence-corrected chi connectivity index (χ4v) is 5.78. The molecule has 2 aromatic carbocycles. The number of ether oxygens (including phenoxy) is 2. The van der Waals surface area contributed by atoms with Crippen LogP contribution in [0.25, 0.3) is 0 Å². The zero-order valence-corrected chi connectivity index (χ0v) is 26.2. The molecule has 0 bridgehead atoms. The fourth-order valence-electron chi connectivity index (χ4n) is 5.65. The van der Waals surface area contributed by atoms with E-state index in [1.165, 1.54) is 6.08 Å². The number of aliphatic hydroxyl groups excluding tert-OH is 2. The monoisotopic (exact) mass is 650 g/mol. The first-order chi connectivity index (χ1) is 22.1. The van der Waals surface area contributed by atoms with Crippen molar-refractivity contribution in [1.29, 1.82) is 0 Å². The van der Waals surface area contributed by atoms with E-state index < -0.39 is 6.10 Å². The van der Waals surface area contributed by atoms with Gasteiger partial charge in [0.1, 0.15) is 24.2 Å². The number of halogens is 1. The van der Waals surface area contributed by atoms with Crippen LogP contribution in [0.2, 0.25) is 5.15 Å². The fraction of sp³-hybridized carbons (Fsp3) is 0.394. The molecule has 0 unspecified atom stereocenters. The number of nitrogens with one attached hydrogen (secondary N) is 1. The van der Waals surface area contributed by atoms with Gasteiger partial charge in [-0.3, -0.25) is 9.59 Å². The molecule has 3 heterocycles. The van der Waals surface area contributed by atoms with Crippen molar-refractivity contribution in [3.05, 3.63) is 82.3 Å². The van der Waals surface area contributed by atoms with Gasteiger partial charge in [0.15, 0.2) is 22.5 Å². The number of aliphatic hydroxyl groups is 2. The van der Waals surface area contributed by atoms with E-state index in [-0.39, 0.29) is 52.9 Å². The standard InChI is InChI=1S/C33H39ClN6O6/c34-29-31(36)38-30(35)28(37-29)27(43)18-23-11-12-33(39-23)13-15-40(16-14-33)32(44)22-5-9-25(10-6-22)45-17-1-2-21-3-7-26(8-4-21)46-20-24(42)19-41/h3-10,18,24,39,41-42H,1-2,11-17,19-20H2,(H4,35,36,38)/b23-18+/t24-/m0/s1. The molecule has 0 saturated carbocycles. The van der Waals surface area contributed by atoms with Crippen LogP contribution in [-0.2, 0) is 6.42 Å². The Balaban J connectivity index is 1.04. The molecular formula is C33H39ClN6O6. The van der Waals surface area contributed by atoms with E-state index in [1.54, 1.807) is 12.1 Å². The lowest BCUT2D eigenvalue weighted by molar-refractivity contribution is 0.0536. The van der Waals surface area contributed by atoms with Crippen LogP contribution < -0.4 is 26.3 Å². The van der Waals surface area contributed by atoms with Gasteiger partial charge in [-0.1, -0.05) is 23.7 Å². The molecule has 13 heteroatoms. The Morgan fingerprint density at radius 3 is 2.37 bits per heavy atom. The van der Waals surface area contributed by atoms with E-state index in [2.05, 4.69) is 15.3 Å². The second-order valence-corrected chi connectivity index (χ2v) is 12.0. The van der Waals surface area contributed by atoms with Gasteiger partial charge < -0.3 is 41.4 Å². The van der Waals surface area contributed by atoms with Gasteiger partial charge in [-0.2, -0.15) is 0 Å². The van der Waals surface area contributed by atoms with Gasteiger partial charge >= 0.3 is 0 Å². The number of allylic oxidation sites excluding steroid dienone is 2. The van der Waals surface area contributed by atoms with Crippen molar-refractivity contribution in [2.24, 2.45) is 0 Å². The first-order valence-corrected chi connectivity index (χ1v) is 15.7. The number of rotatable bonds is 12. The van der Waals surface area contributed by atoms with Crippen molar-refractivity contribution in [3.63, 3.8) is 0 Å². The summed E-state index contributed by atoms with van der Waals surface area (Å²) in [6.07, 6.45) is 5.34. The molecule has 12 nitrogen and oxygen atoms in total. The minimum atomic E-state index is -0.894. The number of aryl methyl sites for hydroxylation is 1. The Morgan fingerprint density at radius 2 is 1.67 bits per heavy atom. The summed E-state index contributed by atoms with van der Waals surface area (Å²) in [5, 5.41) is 21.7. The van der Waals surface area contributed by atoms with Crippen LogP contribution >= 0.6 is 11.6 Å². The highest BCUT2D eigenvalue weighted by Gasteiger charge is 2.40. The molecule has 0 aliphatic carbocycles. The SMILES string of the molecule is Nc1nc(N)c(C(=O)/C=C2\CCC3(CCN(C(=O)c4ccc(OCCCc5ccc(OC[C@@H](O)CO)cc5)cc4)CC3)N2)nc1Cl. The summed E-state index contributed by atoms with van der Waals surface area (Å²) < 4.78 is 11.3. The Hall–Kier alpha value is -4.39. The summed E-state index contributed by atoms with van der Waals surface area (Å²) in [7, 11) is 0. The highest BCUT2D eigenvalue weighted by Crippen LogP contribution is 2.35. The van der Waals surface area contributed by atoms with Crippen molar-refractivity contribution in [2.45, 2.75) is 50.2 Å². The number of aromatic nitrogens is 2. The van der Waals surface area contributed by atoms with Gasteiger partial charge in [0, 0.05) is 36.0 Å². The normalized spacial score (nSPS) is 17.1. The number of nitrogen functional groups attached to an aromatic ring is 2. The number of nitrogens with two attached hydrogens (primary N) is 2. The summed E-state index contributed by atoms with van der Waals surface area (Å²) in [4.78, 5) is 35.8. The summed E-state index contributed by atoms with van der Waals surface area (Å²) in [5.74, 6) is 0.856. The zero-order valence-electron chi connectivity index (χ0n) is 25.5. The van der Waals surface area contributed by atoms with Crippen LogP contribution in [0.4, 0.5) is 11.6 Å². The Labute approximate surface area is 272 Å². The molecule has 1 spiro atoms. The van der Waals surface area contributed by atoms with E-state index in [9.17, 15) is 14.7 Å². The molecule has 1 atom stereocenters. The molecule has 2 fully saturated rings. The topological polar surface area (TPSA) is 186 Å². The van der Waals surface area contributed by atoms with Crippen LogP contribution in [0.5, 0.6) is 11.5 Å². The molecular weight excluding hydrogens is 612 g/mol. The number of hydrogen-bond donors (Lipinski definition) is 5. The number of carbonyl (C=O) groups is 2. The summed E-state index contributed by atoms with van der Waals surface area (Å²) in [6, 6.07) is 14.9. The first-order valence-electron chi connectivity index (χ1n) is 15.3. The molecule has 3 aromatic rings. The van der Waals surface area contributed by atoms with Gasteiger partial charge in [0.2, 0.25) is 5.78 Å². The van der Waals surface area contributed by atoms with E-state index in [4.69, 9.17) is 37.6 Å². The highest BCUT2D eigenvalue weighted by molar-refractivity contribution is 6.31. The molecule has 5 rings (SSSR count). The largest absolute Gasteiger partial charge is 0.494 e. The van der Waals surface area contributed by atoms with Gasteiger partial charge in [-0.15, -0.1) is 0 Å². The van der Waals surface area contributed by atoms with Crippen LogP contribution in [0.3, 0.4) is 0 Å². The van der Waals surface area contributed by atoms with E-state index in [0.717, 1.165) is 43.4 Å². The number of nitrogens with zero attached hydrogens (tertiary/aromatic N) is 3. The van der Waals surface area contributed by atoms with Gasteiger partial charge in [-0.05, 0) is 80.5 Å². The molecule has 1 amide bonds. The number of anilines is 2. The maximum Gasteiger partial charge on any atom is 0.253 e. The molecule has 7 N–H and O–H groups in total. The van der Waals surface area contributed by atoms with E-state index >= 15 is 0 Å². The third kappa shape index (κ3) is 8.25. The van der Waals surface area contributed by atoms with Gasteiger partial charge in [0.05, 0.1) is 13.2 Å². The predicted octanol–water partition coefficient (Wildman–Crippen LogP) is 3.16. The van der Waals surface area contributed by atoms with E-state index in [1.807, 2.05) is 41.3 Å². The highest BCUT2D eigenvalue weighted by atomic mass is 35.5. The Morgan fingerprint density at radius 1 is 1.00 bits per heavy atom. The second-order valence-electron chi connectivity index (χ2n) is 11.6. The van der Waals surface area contributed by atoms with Crippen molar-refractivity contribution >= 4 is 34.9 Å². The number of likely N-dealkylation sites (tertiary alicyclic amines) is 1. The quantitative estimate of drug-likeness (QED) is 0.110. The first kappa shape index (κ1) is 33.0. The van der Waals surface area contributed by atoms with Crippen LogP contribution in [-0.4, -0.2) is 81.3 Å². The third-order valence-electron chi connectivity index (χ3n) is 8.31. The molecule has 1 aromatic heterocycles. The van der Waals surface area contributed by atoms with Crippen molar-refractivity contribution < 1.29 is 29.3 Å². The average molecular weight is 651 g/mol. The Bertz CT molecular complexity index is 1560. The number of ketones is 1. The number of amides is 1. The van der Waals surface area contributed by atoms with Gasteiger partial charge in [-0.25, -0.2) is 9.97 Å². The summed E-state index contributed by atoms with van der Waals surface area (Å²) in [6.45, 7) is 1.46. The lowest BCUT2D eigenvalue weighted by Crippen LogP contribution is -2.51. The minimum Gasteiger partial charge on any atom is -0.494 e. The lowest BCUT2D eigenvalue weighted by atomic mass is 9.86. The second kappa shape index (κ2) is 14.8. The molecule has 0 radical (unpaired) electrons. The average Bonchev–Trinajstić information content (AvgIpc) is 3.45. The summed E-state index contributed by atoms with van der Waals surface area (Å²) >= 11 is 5.93. The number of carbonyl (C=O) groups excluding carboxylic acids is 2. The smallest absolute Gasteiger partial charge is 0.253 e. The van der Waals surface area contributed by atoms with Crippen LogP contribution in [0.1, 0.15) is 58.5 Å². The maximum absolute atomic E-state index is 13.2. The van der Waals surface area contributed by atoms with Crippen molar-refractivity contribution in [2.75, 3.05) is 44.4 Å². The van der Waals surface area contributed by atoms with E-state index in [0.29, 0.717) is 43.2 Å². The zero-order chi connectivity index (χ0) is 32.7. The lowest BCUT2D eigenvalue weighted by Gasteiger charge is -2.39. The minimum absolute atomic E-state index is 0.0158. The van der Waals surface area contributed by atoms with Crippen LogP contribution in [0, 0.1) is 0 Å². The number of piperidine rings is 1. The molecule has 2 aliphatic rings.